The molecular weight excluding hydrogens is 298 g/mol. The third-order valence-corrected chi connectivity index (χ3v) is 3.25. The van der Waals surface area contributed by atoms with Crippen molar-refractivity contribution in [3.8, 4) is 0 Å². The Kier molecular flexibility index (Phi) is 3.59. The summed E-state index contributed by atoms with van der Waals surface area (Å²) in [5.74, 6) is -0.416. The summed E-state index contributed by atoms with van der Waals surface area (Å²) in [6.45, 7) is 5.61. The van der Waals surface area contributed by atoms with Gasteiger partial charge in [0.25, 0.3) is 5.24 Å². The molecule has 0 aliphatic heterocycles. The number of hydrogen-bond donors (Lipinski definition) is 0. The van der Waals surface area contributed by atoms with Crippen molar-refractivity contribution in [1.29, 1.82) is 0 Å². The second-order valence-corrected chi connectivity index (χ2v) is 5.97. The van der Waals surface area contributed by atoms with E-state index in [-0.39, 0.29) is 22.1 Å². The van der Waals surface area contributed by atoms with Crippen molar-refractivity contribution in [2.24, 2.45) is 0 Å². The zero-order chi connectivity index (χ0) is 15.9. The standard InChI is InChI=1S/C14H12ClNO5/c1-14(2,3)7-4-8-10(17)6-11(13(15)18)21-12(8)9(5-7)16(19)20/h4-6H,1-3H3. The summed E-state index contributed by atoms with van der Waals surface area (Å²) < 4.78 is 5.14. The van der Waals surface area contributed by atoms with Gasteiger partial charge in [-0.05, 0) is 28.6 Å². The number of fused-ring (bicyclic) bond motifs is 1. The molecule has 1 aromatic carbocycles. The summed E-state index contributed by atoms with van der Waals surface area (Å²) in [5.41, 5.74) is -0.918. The van der Waals surface area contributed by atoms with E-state index >= 15 is 0 Å². The van der Waals surface area contributed by atoms with Crippen LogP contribution in [0, 0.1) is 10.1 Å². The summed E-state index contributed by atoms with van der Waals surface area (Å²) in [6.07, 6.45) is 0. The number of hydrogen-bond acceptors (Lipinski definition) is 5. The van der Waals surface area contributed by atoms with Gasteiger partial charge in [0.15, 0.2) is 11.2 Å². The van der Waals surface area contributed by atoms with Gasteiger partial charge in [-0.15, -0.1) is 0 Å². The van der Waals surface area contributed by atoms with Gasteiger partial charge >= 0.3 is 5.69 Å². The quantitative estimate of drug-likeness (QED) is 0.482. The molecule has 0 unspecified atom stereocenters. The van der Waals surface area contributed by atoms with Gasteiger partial charge in [0.05, 0.1) is 10.3 Å². The van der Waals surface area contributed by atoms with Gasteiger partial charge < -0.3 is 4.42 Å². The van der Waals surface area contributed by atoms with Gasteiger partial charge in [-0.1, -0.05) is 20.8 Å². The van der Waals surface area contributed by atoms with E-state index in [9.17, 15) is 19.7 Å². The number of nitrogens with zero attached hydrogens (tertiary/aromatic N) is 1. The van der Waals surface area contributed by atoms with Gasteiger partial charge in [0, 0.05) is 12.1 Å². The number of nitro benzene ring substituents is 1. The molecule has 7 heteroatoms. The average molecular weight is 310 g/mol. The SMILES string of the molecule is CC(C)(C)c1cc([N+](=O)[O-])c2oc(C(=O)Cl)cc(=O)c2c1. The molecule has 0 atom stereocenters. The molecule has 1 aromatic heterocycles. The molecule has 0 bridgehead atoms. The van der Waals surface area contributed by atoms with Crippen LogP contribution >= 0.6 is 11.6 Å². The molecule has 0 fully saturated rings. The Labute approximate surface area is 124 Å². The molecule has 0 amide bonds. The lowest BCUT2D eigenvalue weighted by Crippen LogP contribution is -2.13. The van der Waals surface area contributed by atoms with Crippen LogP contribution in [0.3, 0.4) is 0 Å². The number of nitro groups is 1. The second-order valence-electron chi connectivity index (χ2n) is 5.63. The van der Waals surface area contributed by atoms with Crippen LogP contribution in [0.15, 0.2) is 27.4 Å². The first-order valence-corrected chi connectivity index (χ1v) is 6.45. The molecule has 21 heavy (non-hydrogen) atoms. The van der Waals surface area contributed by atoms with Crippen LogP contribution < -0.4 is 5.43 Å². The van der Waals surface area contributed by atoms with Crippen LogP contribution in [0.5, 0.6) is 0 Å². The highest BCUT2D eigenvalue weighted by Crippen LogP contribution is 2.32. The first-order valence-electron chi connectivity index (χ1n) is 6.08. The van der Waals surface area contributed by atoms with E-state index < -0.39 is 21.4 Å². The van der Waals surface area contributed by atoms with Crippen molar-refractivity contribution in [1.82, 2.24) is 0 Å². The molecule has 0 spiro atoms. The summed E-state index contributed by atoms with van der Waals surface area (Å²) in [6, 6.07) is 3.82. The Hall–Kier alpha value is -2.21. The third-order valence-electron chi connectivity index (χ3n) is 3.07. The number of non-ortho nitro benzene ring substituents is 1. The van der Waals surface area contributed by atoms with Gasteiger partial charge in [-0.3, -0.25) is 19.7 Å². The summed E-state index contributed by atoms with van der Waals surface area (Å²) >= 11 is 5.27. The van der Waals surface area contributed by atoms with Crippen LogP contribution in [0.1, 0.15) is 36.9 Å². The fraction of sp³-hybridized carbons (Fsp3) is 0.286. The lowest BCUT2D eigenvalue weighted by molar-refractivity contribution is -0.383. The van der Waals surface area contributed by atoms with E-state index in [1.54, 1.807) is 0 Å². The fourth-order valence-electron chi connectivity index (χ4n) is 1.91. The highest BCUT2D eigenvalue weighted by Gasteiger charge is 2.24. The van der Waals surface area contributed by atoms with Crippen molar-refractivity contribution in [3.63, 3.8) is 0 Å². The smallest absolute Gasteiger partial charge is 0.312 e. The molecule has 2 aromatic rings. The molecule has 0 aliphatic rings. The maximum Gasteiger partial charge on any atom is 0.312 e. The lowest BCUT2D eigenvalue weighted by atomic mass is 9.86. The molecule has 0 radical (unpaired) electrons. The molecular formula is C14H12ClNO5. The van der Waals surface area contributed by atoms with Gasteiger partial charge in [0.1, 0.15) is 0 Å². The van der Waals surface area contributed by atoms with Gasteiger partial charge in [-0.25, -0.2) is 0 Å². The highest BCUT2D eigenvalue weighted by atomic mass is 35.5. The normalized spacial score (nSPS) is 11.6. The maximum atomic E-state index is 12.1. The van der Waals surface area contributed by atoms with Crippen molar-refractivity contribution in [2.45, 2.75) is 26.2 Å². The number of carbonyl (C=O) groups excluding carboxylic acids is 1. The highest BCUT2D eigenvalue weighted by molar-refractivity contribution is 6.67. The summed E-state index contributed by atoms with van der Waals surface area (Å²) in [5, 5.41) is 10.3. The minimum atomic E-state index is -0.983. The molecule has 0 aliphatic carbocycles. The van der Waals surface area contributed by atoms with E-state index in [0.717, 1.165) is 6.07 Å². The van der Waals surface area contributed by atoms with Crippen LogP contribution in [0.2, 0.25) is 0 Å². The number of halogens is 1. The van der Waals surface area contributed by atoms with E-state index in [1.807, 2.05) is 20.8 Å². The minimum Gasteiger partial charge on any atom is -0.444 e. The first kappa shape index (κ1) is 15.2. The van der Waals surface area contributed by atoms with Gasteiger partial charge in [-0.2, -0.15) is 0 Å². The van der Waals surface area contributed by atoms with Crippen LogP contribution in [0.4, 0.5) is 5.69 Å². The predicted molar refractivity (Wildman–Crippen MR) is 78.0 cm³/mol. The van der Waals surface area contributed by atoms with E-state index in [1.165, 1.54) is 12.1 Å². The molecule has 0 saturated heterocycles. The van der Waals surface area contributed by atoms with E-state index in [2.05, 4.69) is 0 Å². The third kappa shape index (κ3) is 2.80. The van der Waals surface area contributed by atoms with Crippen molar-refractivity contribution < 1.29 is 14.1 Å². The Morgan fingerprint density at radius 2 is 1.90 bits per heavy atom. The average Bonchev–Trinajstić information content (AvgIpc) is 2.35. The van der Waals surface area contributed by atoms with Crippen LogP contribution in [-0.4, -0.2) is 10.2 Å². The Balaban J connectivity index is 2.96. The van der Waals surface area contributed by atoms with Crippen LogP contribution in [-0.2, 0) is 5.41 Å². The zero-order valence-corrected chi connectivity index (χ0v) is 12.4. The molecule has 2 rings (SSSR count). The Morgan fingerprint density at radius 3 is 2.38 bits per heavy atom. The molecule has 110 valence electrons. The Bertz CT molecular complexity index is 816. The maximum absolute atomic E-state index is 12.1. The molecule has 6 nitrogen and oxygen atoms in total. The lowest BCUT2D eigenvalue weighted by Gasteiger charge is -2.19. The number of carbonyl (C=O) groups is 1. The van der Waals surface area contributed by atoms with Crippen LogP contribution in [0.25, 0.3) is 11.0 Å². The van der Waals surface area contributed by atoms with Gasteiger partial charge in [0.2, 0.25) is 5.58 Å². The summed E-state index contributed by atoms with van der Waals surface area (Å²) in [7, 11) is 0. The summed E-state index contributed by atoms with van der Waals surface area (Å²) in [4.78, 5) is 33.7. The molecule has 1 heterocycles. The predicted octanol–water partition coefficient (Wildman–Crippen LogP) is 3.38. The first-order chi connectivity index (χ1) is 9.61. The monoisotopic (exact) mass is 309 g/mol. The molecule has 0 N–H and O–H groups in total. The minimum absolute atomic E-state index is 0.0517. The Morgan fingerprint density at radius 1 is 1.29 bits per heavy atom. The number of rotatable bonds is 2. The topological polar surface area (TPSA) is 90.4 Å². The number of benzene rings is 1. The largest absolute Gasteiger partial charge is 0.444 e. The fourth-order valence-corrected chi connectivity index (χ4v) is 2.00. The van der Waals surface area contributed by atoms with Crippen molar-refractivity contribution in [3.05, 3.63) is 49.9 Å². The van der Waals surface area contributed by atoms with E-state index in [0.29, 0.717) is 5.56 Å². The van der Waals surface area contributed by atoms with Crippen molar-refractivity contribution in [2.75, 3.05) is 0 Å². The zero-order valence-electron chi connectivity index (χ0n) is 11.6. The van der Waals surface area contributed by atoms with E-state index in [4.69, 9.17) is 16.0 Å². The molecule has 0 saturated carbocycles. The van der Waals surface area contributed by atoms with Crippen molar-refractivity contribution >= 4 is 33.5 Å². The second kappa shape index (κ2) is 4.96.